The second kappa shape index (κ2) is 2.16. The van der Waals surface area contributed by atoms with E-state index in [4.69, 9.17) is 4.74 Å². The van der Waals surface area contributed by atoms with Gasteiger partial charge in [-0.2, -0.15) is 13.1 Å². The summed E-state index contributed by atoms with van der Waals surface area (Å²) in [5, 5.41) is 0. The molecule has 2 aliphatic heterocycles. The summed E-state index contributed by atoms with van der Waals surface area (Å²) in [6.07, 6.45) is 0.0221. The number of rotatable bonds is 0. The maximum Gasteiger partial charge on any atom is 0.338 e. The van der Waals surface area contributed by atoms with E-state index in [-0.39, 0.29) is 18.4 Å². The minimum absolute atomic E-state index is 0.0160. The Labute approximate surface area is 64.9 Å². The quantitative estimate of drug-likeness (QED) is 0.502. The van der Waals surface area contributed by atoms with E-state index in [9.17, 15) is 8.42 Å². The molecule has 2 rings (SSSR count). The molecule has 0 bridgehead atoms. The van der Waals surface area contributed by atoms with Crippen LogP contribution in [0.2, 0.25) is 0 Å². The van der Waals surface area contributed by atoms with Crippen molar-refractivity contribution >= 4 is 10.3 Å². The number of epoxide rings is 1. The van der Waals surface area contributed by atoms with Crippen molar-refractivity contribution in [2.45, 2.75) is 31.8 Å². The Morgan fingerprint density at radius 2 is 2.27 bits per heavy atom. The molecule has 1 N–H and O–H groups in total. The zero-order valence-electron chi connectivity index (χ0n) is 5.98. The molecule has 6 heteroatoms. The second-order valence-electron chi connectivity index (χ2n) is 2.81. The van der Waals surface area contributed by atoms with Crippen molar-refractivity contribution < 1.29 is 17.3 Å². The molecular formula is C5H9NO4S. The molecule has 2 fully saturated rings. The van der Waals surface area contributed by atoms with Crippen LogP contribution in [0.25, 0.3) is 0 Å². The van der Waals surface area contributed by atoms with Crippen LogP contribution in [0.1, 0.15) is 13.3 Å². The Kier molecular flexibility index (Phi) is 1.47. The van der Waals surface area contributed by atoms with Crippen LogP contribution in [-0.4, -0.2) is 26.9 Å². The van der Waals surface area contributed by atoms with Gasteiger partial charge in [-0.15, -0.1) is 0 Å². The fourth-order valence-electron chi connectivity index (χ4n) is 1.18. The van der Waals surface area contributed by atoms with Crippen molar-refractivity contribution in [1.29, 1.82) is 0 Å². The molecule has 0 saturated carbocycles. The predicted molar refractivity (Wildman–Crippen MR) is 35.9 cm³/mol. The maximum absolute atomic E-state index is 10.9. The Hall–Kier alpha value is -0.170. The molecule has 2 saturated heterocycles. The lowest BCUT2D eigenvalue weighted by Gasteiger charge is -2.07. The summed E-state index contributed by atoms with van der Waals surface area (Å²) in [6, 6.07) is 0. The van der Waals surface area contributed by atoms with Gasteiger partial charge in [0.1, 0.15) is 12.3 Å². The first-order valence-electron chi connectivity index (χ1n) is 3.43. The minimum atomic E-state index is -3.55. The Morgan fingerprint density at radius 1 is 1.55 bits per heavy atom. The molecule has 3 unspecified atom stereocenters. The van der Waals surface area contributed by atoms with Crippen molar-refractivity contribution in [3.8, 4) is 0 Å². The van der Waals surface area contributed by atoms with Crippen molar-refractivity contribution in [2.75, 3.05) is 0 Å². The average Bonchev–Trinajstić information content (AvgIpc) is 2.40. The van der Waals surface area contributed by atoms with Gasteiger partial charge in [0.15, 0.2) is 0 Å². The number of hydrogen-bond acceptors (Lipinski definition) is 4. The van der Waals surface area contributed by atoms with Crippen molar-refractivity contribution in [3.05, 3.63) is 0 Å². The van der Waals surface area contributed by atoms with E-state index in [1.807, 2.05) is 0 Å². The van der Waals surface area contributed by atoms with Crippen LogP contribution < -0.4 is 4.72 Å². The summed E-state index contributed by atoms with van der Waals surface area (Å²) >= 11 is 0. The lowest BCUT2D eigenvalue weighted by Crippen LogP contribution is -2.28. The van der Waals surface area contributed by atoms with Crippen molar-refractivity contribution in [3.63, 3.8) is 0 Å². The number of nitrogens with one attached hydrogen (secondary N) is 1. The molecule has 64 valence electrons. The highest BCUT2D eigenvalue weighted by Crippen LogP contribution is 2.29. The molecule has 0 aromatic carbocycles. The smallest absolute Gasteiger partial charge is 0.338 e. The van der Waals surface area contributed by atoms with Gasteiger partial charge in [0.05, 0.1) is 6.10 Å². The van der Waals surface area contributed by atoms with Crippen LogP contribution >= 0.6 is 0 Å². The largest absolute Gasteiger partial charge is 0.352 e. The molecule has 0 aliphatic carbocycles. The lowest BCUT2D eigenvalue weighted by molar-refractivity contribution is 0.192. The Bertz CT molecular complexity index is 254. The molecule has 0 aromatic rings. The molecule has 0 radical (unpaired) electrons. The van der Waals surface area contributed by atoms with Crippen molar-refractivity contribution in [1.82, 2.24) is 4.72 Å². The highest BCUT2D eigenvalue weighted by Gasteiger charge is 2.46. The molecular weight excluding hydrogens is 170 g/mol. The highest BCUT2D eigenvalue weighted by molar-refractivity contribution is 7.84. The van der Waals surface area contributed by atoms with Gasteiger partial charge in [0.2, 0.25) is 0 Å². The molecule has 0 amide bonds. The van der Waals surface area contributed by atoms with Crippen LogP contribution in [0, 0.1) is 0 Å². The van der Waals surface area contributed by atoms with E-state index in [2.05, 4.69) is 8.91 Å². The number of fused-ring (bicyclic) bond motifs is 1. The third kappa shape index (κ3) is 1.53. The minimum Gasteiger partial charge on any atom is -0.352 e. The molecule has 2 aliphatic rings. The summed E-state index contributed by atoms with van der Waals surface area (Å²) in [5.74, 6) is 0. The fraction of sp³-hybridized carbons (Fsp3) is 1.00. The van der Waals surface area contributed by atoms with E-state index in [0.29, 0.717) is 6.42 Å². The monoisotopic (exact) mass is 179 g/mol. The zero-order valence-corrected chi connectivity index (χ0v) is 6.80. The van der Waals surface area contributed by atoms with E-state index in [0.717, 1.165) is 0 Å². The standard InChI is InChI=1S/C5H9NO4S/c1-3-2-4-5(9-4)6-11(7,8)10-3/h3-6H,2H2,1H3. The van der Waals surface area contributed by atoms with Crippen LogP contribution in [0.5, 0.6) is 0 Å². The van der Waals surface area contributed by atoms with Crippen LogP contribution in [0.15, 0.2) is 0 Å². The van der Waals surface area contributed by atoms with E-state index in [1.165, 1.54) is 0 Å². The van der Waals surface area contributed by atoms with Crippen LogP contribution in [-0.2, 0) is 19.2 Å². The van der Waals surface area contributed by atoms with Gasteiger partial charge in [-0.05, 0) is 6.92 Å². The normalized spacial score (nSPS) is 47.5. The van der Waals surface area contributed by atoms with Gasteiger partial charge in [-0.1, -0.05) is 0 Å². The molecule has 3 atom stereocenters. The molecule has 2 heterocycles. The summed E-state index contributed by atoms with van der Waals surface area (Å²) in [4.78, 5) is 0. The predicted octanol–water partition coefficient (Wildman–Crippen LogP) is -0.645. The summed E-state index contributed by atoms with van der Waals surface area (Å²) in [5.41, 5.74) is 0. The first-order valence-corrected chi connectivity index (χ1v) is 4.84. The van der Waals surface area contributed by atoms with Gasteiger partial charge in [0, 0.05) is 6.42 Å². The zero-order chi connectivity index (χ0) is 8.06. The summed E-state index contributed by atoms with van der Waals surface area (Å²) in [7, 11) is -3.55. The van der Waals surface area contributed by atoms with Gasteiger partial charge in [0.25, 0.3) is 0 Å². The van der Waals surface area contributed by atoms with E-state index >= 15 is 0 Å². The molecule has 0 spiro atoms. The fourth-order valence-corrected chi connectivity index (χ4v) is 2.24. The highest BCUT2D eigenvalue weighted by atomic mass is 32.2. The van der Waals surface area contributed by atoms with Crippen LogP contribution in [0.3, 0.4) is 0 Å². The van der Waals surface area contributed by atoms with Gasteiger partial charge in [-0.25, -0.2) is 0 Å². The number of hydrogen-bond donors (Lipinski definition) is 1. The van der Waals surface area contributed by atoms with Gasteiger partial charge < -0.3 is 4.74 Å². The first-order chi connectivity index (χ1) is 5.07. The topological polar surface area (TPSA) is 67.9 Å². The summed E-state index contributed by atoms with van der Waals surface area (Å²) in [6.45, 7) is 1.71. The maximum atomic E-state index is 10.9. The first kappa shape index (κ1) is 7.48. The van der Waals surface area contributed by atoms with Crippen LogP contribution in [0.4, 0.5) is 0 Å². The number of ether oxygens (including phenoxy) is 1. The van der Waals surface area contributed by atoms with Gasteiger partial charge >= 0.3 is 10.3 Å². The second-order valence-corrected chi connectivity index (χ2v) is 4.15. The molecule has 5 nitrogen and oxygen atoms in total. The Balaban J connectivity index is 2.17. The van der Waals surface area contributed by atoms with E-state index < -0.39 is 10.3 Å². The SMILES string of the molecule is CC1CC2OC2NS(=O)(=O)O1. The third-order valence-electron chi connectivity index (χ3n) is 1.70. The average molecular weight is 179 g/mol. The molecule has 11 heavy (non-hydrogen) atoms. The Morgan fingerprint density at radius 3 is 3.00 bits per heavy atom. The summed E-state index contributed by atoms with van der Waals surface area (Å²) < 4.78 is 33.7. The van der Waals surface area contributed by atoms with Crippen molar-refractivity contribution in [2.24, 2.45) is 0 Å². The van der Waals surface area contributed by atoms with E-state index in [1.54, 1.807) is 6.92 Å². The van der Waals surface area contributed by atoms with Gasteiger partial charge in [-0.3, -0.25) is 4.18 Å². The lowest BCUT2D eigenvalue weighted by atomic mass is 10.2. The molecule has 0 aromatic heterocycles. The third-order valence-corrected chi connectivity index (χ3v) is 2.80.